The van der Waals surface area contributed by atoms with Gasteiger partial charge in [-0.1, -0.05) is 13.8 Å². The molecule has 2 rings (SSSR count). The molecule has 0 radical (unpaired) electrons. The van der Waals surface area contributed by atoms with Gasteiger partial charge in [0.05, 0.1) is 0 Å². The molecule has 0 aliphatic carbocycles. The van der Waals surface area contributed by atoms with E-state index in [-0.39, 0.29) is 27.7 Å². The Morgan fingerprint density at radius 3 is 2.35 bits per heavy atom. The van der Waals surface area contributed by atoms with Crippen molar-refractivity contribution in [2.45, 2.75) is 38.5 Å². The highest BCUT2D eigenvalue weighted by atomic mass is 35.7. The Balaban J connectivity index is 2.19. The van der Waals surface area contributed by atoms with Crippen molar-refractivity contribution in [2.75, 3.05) is 13.1 Å². The minimum atomic E-state index is -3.89. The summed E-state index contributed by atoms with van der Waals surface area (Å²) in [7, 11) is 1.40. The molecule has 1 aliphatic rings. The first-order valence-corrected chi connectivity index (χ1v) is 8.75. The Bertz CT molecular complexity index is 623. The Hall–Kier alpha value is -1.01. The van der Waals surface area contributed by atoms with Crippen molar-refractivity contribution >= 4 is 25.6 Å². The molecule has 1 aromatic rings. The van der Waals surface area contributed by atoms with Gasteiger partial charge in [0.2, 0.25) is 0 Å². The molecule has 20 heavy (non-hydrogen) atoms. The minimum Gasteiger partial charge on any atom is -0.455 e. The number of rotatable bonds is 2. The number of carbonyl (C=O) groups is 1. The third kappa shape index (κ3) is 3.17. The highest BCUT2D eigenvalue weighted by Crippen LogP contribution is 2.31. The highest BCUT2D eigenvalue weighted by Gasteiger charge is 2.31. The van der Waals surface area contributed by atoms with Crippen LogP contribution in [0.3, 0.4) is 0 Å². The molecule has 0 aromatic carbocycles. The number of piperidine rings is 1. The van der Waals surface area contributed by atoms with Gasteiger partial charge in [0.15, 0.2) is 5.76 Å². The Labute approximate surface area is 123 Å². The van der Waals surface area contributed by atoms with E-state index in [4.69, 9.17) is 15.1 Å². The summed E-state index contributed by atoms with van der Waals surface area (Å²) in [6.07, 6.45) is 1.83. The Morgan fingerprint density at radius 2 is 1.90 bits per heavy atom. The summed E-state index contributed by atoms with van der Waals surface area (Å²) in [6, 6.07) is 1.21. The normalized spacial score (nSPS) is 19.1. The van der Waals surface area contributed by atoms with Gasteiger partial charge >= 0.3 is 0 Å². The van der Waals surface area contributed by atoms with Gasteiger partial charge in [-0.15, -0.1) is 0 Å². The van der Waals surface area contributed by atoms with Crippen molar-refractivity contribution in [3.05, 3.63) is 17.6 Å². The zero-order valence-electron chi connectivity index (χ0n) is 11.8. The van der Waals surface area contributed by atoms with E-state index >= 15 is 0 Å². The fourth-order valence-corrected chi connectivity index (χ4v) is 3.38. The monoisotopic (exact) mass is 319 g/mol. The Morgan fingerprint density at radius 1 is 1.35 bits per heavy atom. The number of amides is 1. The number of nitrogens with zero attached hydrogens (tertiary/aromatic N) is 1. The second-order valence-electron chi connectivity index (χ2n) is 5.93. The van der Waals surface area contributed by atoms with Crippen molar-refractivity contribution in [3.8, 4) is 0 Å². The summed E-state index contributed by atoms with van der Waals surface area (Å²) in [5.74, 6) is -0.114. The zero-order valence-corrected chi connectivity index (χ0v) is 13.3. The number of carbonyl (C=O) groups excluding carboxylic acids is 1. The number of aryl methyl sites for hydroxylation is 1. The van der Waals surface area contributed by atoms with Crippen molar-refractivity contribution in [2.24, 2.45) is 5.41 Å². The Kier molecular flexibility index (Phi) is 3.90. The van der Waals surface area contributed by atoms with Crippen LogP contribution in [0.15, 0.2) is 15.4 Å². The molecule has 0 atom stereocenters. The highest BCUT2D eigenvalue weighted by molar-refractivity contribution is 8.13. The van der Waals surface area contributed by atoms with Gasteiger partial charge in [-0.3, -0.25) is 4.79 Å². The predicted molar refractivity (Wildman–Crippen MR) is 75.4 cm³/mol. The van der Waals surface area contributed by atoms with Crippen LogP contribution in [0, 0.1) is 12.3 Å². The van der Waals surface area contributed by atoms with Gasteiger partial charge in [0, 0.05) is 29.8 Å². The van der Waals surface area contributed by atoms with E-state index in [2.05, 4.69) is 13.8 Å². The van der Waals surface area contributed by atoms with Crippen LogP contribution in [0.2, 0.25) is 0 Å². The number of furan rings is 1. The van der Waals surface area contributed by atoms with Crippen LogP contribution in [0.25, 0.3) is 0 Å². The molecule has 1 amide bonds. The predicted octanol–water partition coefficient (Wildman–Crippen LogP) is 2.78. The molecule has 7 heteroatoms. The van der Waals surface area contributed by atoms with E-state index in [1.165, 1.54) is 13.0 Å². The third-order valence-corrected chi connectivity index (χ3v) is 5.18. The summed E-state index contributed by atoms with van der Waals surface area (Å²) in [5, 5.41) is 0. The van der Waals surface area contributed by atoms with Crippen molar-refractivity contribution in [1.29, 1.82) is 0 Å². The molecule has 112 valence electrons. The summed E-state index contributed by atoms with van der Waals surface area (Å²) in [5.41, 5.74) is 0.237. The molecule has 2 heterocycles. The first-order chi connectivity index (χ1) is 9.10. The van der Waals surface area contributed by atoms with E-state index < -0.39 is 9.05 Å². The van der Waals surface area contributed by atoms with Crippen LogP contribution >= 0.6 is 10.7 Å². The van der Waals surface area contributed by atoms with Crippen LogP contribution in [0.4, 0.5) is 0 Å². The van der Waals surface area contributed by atoms with Crippen molar-refractivity contribution in [1.82, 2.24) is 4.90 Å². The van der Waals surface area contributed by atoms with E-state index in [0.29, 0.717) is 13.1 Å². The van der Waals surface area contributed by atoms with Crippen molar-refractivity contribution < 1.29 is 17.6 Å². The van der Waals surface area contributed by atoms with Gasteiger partial charge < -0.3 is 9.32 Å². The number of halogens is 1. The standard InChI is InChI=1S/C13H18ClNO4S/c1-9-11(20(14,17)18)8-10(19-9)12(16)15-6-4-13(2,3)5-7-15/h8H,4-7H2,1-3H3. The lowest BCUT2D eigenvalue weighted by Gasteiger charge is -2.36. The SMILES string of the molecule is Cc1oc(C(=O)N2CCC(C)(C)CC2)cc1S(=O)(=O)Cl. The maximum Gasteiger partial charge on any atom is 0.289 e. The molecule has 1 fully saturated rings. The lowest BCUT2D eigenvalue weighted by atomic mass is 9.82. The maximum absolute atomic E-state index is 12.3. The summed E-state index contributed by atoms with van der Waals surface area (Å²) >= 11 is 0. The molecule has 0 N–H and O–H groups in total. The fraction of sp³-hybridized carbons (Fsp3) is 0.615. The lowest BCUT2D eigenvalue weighted by Crippen LogP contribution is -2.41. The summed E-state index contributed by atoms with van der Waals surface area (Å²) in [6.45, 7) is 7.11. The van der Waals surface area contributed by atoms with Gasteiger partial charge in [-0.05, 0) is 25.2 Å². The van der Waals surface area contributed by atoms with Crippen LogP contribution in [-0.2, 0) is 9.05 Å². The van der Waals surface area contributed by atoms with E-state index in [0.717, 1.165) is 12.8 Å². The fourth-order valence-electron chi connectivity index (χ4n) is 2.28. The van der Waals surface area contributed by atoms with E-state index in [1.807, 2.05) is 0 Å². The average molecular weight is 320 g/mol. The van der Waals surface area contributed by atoms with Crippen LogP contribution < -0.4 is 0 Å². The zero-order chi connectivity index (χ0) is 15.1. The summed E-state index contributed by atoms with van der Waals surface area (Å²) < 4.78 is 27.9. The first kappa shape index (κ1) is 15.4. The van der Waals surface area contributed by atoms with Crippen LogP contribution in [-0.4, -0.2) is 32.3 Å². The van der Waals surface area contributed by atoms with Gasteiger partial charge in [-0.25, -0.2) is 8.42 Å². The molecule has 5 nitrogen and oxygen atoms in total. The largest absolute Gasteiger partial charge is 0.455 e. The van der Waals surface area contributed by atoms with Gasteiger partial charge in [-0.2, -0.15) is 0 Å². The van der Waals surface area contributed by atoms with E-state index in [1.54, 1.807) is 4.90 Å². The lowest BCUT2D eigenvalue weighted by molar-refractivity contribution is 0.0598. The van der Waals surface area contributed by atoms with Crippen LogP contribution in [0.5, 0.6) is 0 Å². The van der Waals surface area contributed by atoms with Crippen molar-refractivity contribution in [3.63, 3.8) is 0 Å². The van der Waals surface area contributed by atoms with E-state index in [9.17, 15) is 13.2 Å². The molecule has 1 aromatic heterocycles. The molecule has 0 unspecified atom stereocenters. The molecule has 1 saturated heterocycles. The maximum atomic E-state index is 12.3. The number of hydrogen-bond acceptors (Lipinski definition) is 4. The quantitative estimate of drug-likeness (QED) is 0.786. The molecule has 1 aliphatic heterocycles. The first-order valence-electron chi connectivity index (χ1n) is 6.44. The number of likely N-dealkylation sites (tertiary alicyclic amines) is 1. The molecular formula is C13H18ClNO4S. The van der Waals surface area contributed by atoms with Crippen LogP contribution in [0.1, 0.15) is 43.0 Å². The molecular weight excluding hydrogens is 302 g/mol. The topological polar surface area (TPSA) is 67.6 Å². The smallest absolute Gasteiger partial charge is 0.289 e. The molecule has 0 spiro atoms. The minimum absolute atomic E-state index is 0.0291. The van der Waals surface area contributed by atoms with Gasteiger partial charge in [0.1, 0.15) is 10.7 Å². The molecule has 0 saturated carbocycles. The second kappa shape index (κ2) is 5.07. The second-order valence-corrected chi connectivity index (χ2v) is 8.46. The summed E-state index contributed by atoms with van der Waals surface area (Å²) in [4.78, 5) is 13.8. The average Bonchev–Trinajstić information content (AvgIpc) is 2.70. The van der Waals surface area contributed by atoms with Gasteiger partial charge in [0.25, 0.3) is 15.0 Å². The third-order valence-electron chi connectivity index (χ3n) is 3.75. The number of hydrogen-bond donors (Lipinski definition) is 0. The molecule has 0 bridgehead atoms.